The van der Waals surface area contributed by atoms with Crippen LogP contribution >= 0.6 is 23.1 Å². The smallest absolute Gasteiger partial charge is 0.277 e. The number of rotatable bonds is 6. The normalized spacial score (nSPS) is 11.9. The number of thioether (sulfide) groups is 1. The molecule has 0 aliphatic rings. The van der Waals surface area contributed by atoms with E-state index in [9.17, 15) is 4.79 Å². The van der Waals surface area contributed by atoms with Crippen molar-refractivity contribution in [2.24, 2.45) is 0 Å². The number of carbonyl (C=O) groups excluding carboxylic acids is 1. The average Bonchev–Trinajstić information content (AvgIpc) is 3.39. The Morgan fingerprint density at radius 3 is 2.59 bits per heavy atom. The second-order valence-electron chi connectivity index (χ2n) is 6.39. The van der Waals surface area contributed by atoms with Crippen LogP contribution in [0.3, 0.4) is 0 Å². The van der Waals surface area contributed by atoms with Gasteiger partial charge in [-0.3, -0.25) is 4.79 Å². The Bertz CT molecular complexity index is 1110. The minimum Gasteiger partial charge on any atom is -0.411 e. The van der Waals surface area contributed by atoms with Gasteiger partial charge in [-0.05, 0) is 26.0 Å². The molecule has 0 saturated carbocycles. The Morgan fingerprint density at radius 1 is 1.07 bits per heavy atom. The third-order valence-corrected chi connectivity index (χ3v) is 5.85. The van der Waals surface area contributed by atoms with E-state index < -0.39 is 5.25 Å². The molecule has 2 heterocycles. The number of aryl methyl sites for hydroxylation is 1. The lowest BCUT2D eigenvalue weighted by atomic mass is 10.1. The Labute approximate surface area is 176 Å². The van der Waals surface area contributed by atoms with Crippen LogP contribution in [-0.2, 0) is 4.79 Å². The van der Waals surface area contributed by atoms with E-state index >= 15 is 0 Å². The van der Waals surface area contributed by atoms with Crippen molar-refractivity contribution in [3.05, 3.63) is 65.5 Å². The maximum atomic E-state index is 12.5. The molecule has 0 aliphatic heterocycles. The molecule has 8 heteroatoms. The molecule has 1 atom stereocenters. The first kappa shape index (κ1) is 19.4. The van der Waals surface area contributed by atoms with E-state index in [1.807, 2.05) is 66.9 Å². The molecule has 4 aromatic rings. The topological polar surface area (TPSA) is 80.9 Å². The van der Waals surface area contributed by atoms with Gasteiger partial charge in [0, 0.05) is 16.5 Å². The zero-order chi connectivity index (χ0) is 20.2. The van der Waals surface area contributed by atoms with Gasteiger partial charge in [0.1, 0.15) is 0 Å². The Morgan fingerprint density at radius 2 is 1.83 bits per heavy atom. The fourth-order valence-electron chi connectivity index (χ4n) is 2.55. The van der Waals surface area contributed by atoms with E-state index in [1.54, 1.807) is 6.92 Å². The van der Waals surface area contributed by atoms with E-state index in [0.717, 1.165) is 22.4 Å². The number of nitrogens with one attached hydrogen (secondary N) is 1. The zero-order valence-corrected chi connectivity index (χ0v) is 17.5. The van der Waals surface area contributed by atoms with Crippen molar-refractivity contribution < 1.29 is 9.21 Å². The molecule has 0 radical (unpaired) electrons. The largest absolute Gasteiger partial charge is 0.411 e. The van der Waals surface area contributed by atoms with Gasteiger partial charge in [-0.25, -0.2) is 4.98 Å². The van der Waals surface area contributed by atoms with Gasteiger partial charge in [0.15, 0.2) is 5.13 Å². The maximum Gasteiger partial charge on any atom is 0.277 e. The molecular formula is C21H18N4O2S2. The number of thiazole rings is 1. The molecule has 0 bridgehead atoms. The molecule has 0 saturated heterocycles. The number of hydrogen-bond donors (Lipinski definition) is 1. The second-order valence-corrected chi connectivity index (χ2v) is 8.54. The van der Waals surface area contributed by atoms with Crippen LogP contribution in [0, 0.1) is 6.92 Å². The lowest BCUT2D eigenvalue weighted by Gasteiger charge is -2.07. The molecule has 2 aromatic carbocycles. The van der Waals surface area contributed by atoms with Crippen LogP contribution in [0.1, 0.15) is 12.5 Å². The average molecular weight is 423 g/mol. The molecule has 2 aromatic heterocycles. The summed E-state index contributed by atoms with van der Waals surface area (Å²) in [6, 6.07) is 17.7. The summed E-state index contributed by atoms with van der Waals surface area (Å²) >= 11 is 2.61. The Kier molecular flexibility index (Phi) is 5.73. The summed E-state index contributed by atoms with van der Waals surface area (Å²) in [5.74, 6) is 0.270. The first-order chi connectivity index (χ1) is 14.1. The summed E-state index contributed by atoms with van der Waals surface area (Å²) < 4.78 is 5.69. The van der Waals surface area contributed by atoms with Gasteiger partial charge in [-0.2, -0.15) is 0 Å². The molecule has 0 fully saturated rings. The summed E-state index contributed by atoms with van der Waals surface area (Å²) in [5, 5.41) is 13.4. The van der Waals surface area contributed by atoms with Crippen molar-refractivity contribution in [1.29, 1.82) is 0 Å². The molecule has 4 rings (SSSR count). The Hall–Kier alpha value is -2.97. The Balaban J connectivity index is 1.38. The summed E-state index contributed by atoms with van der Waals surface area (Å²) in [4.78, 5) is 17.0. The van der Waals surface area contributed by atoms with Crippen LogP contribution in [0.15, 0.2) is 69.6 Å². The molecular weight excluding hydrogens is 404 g/mol. The number of nitrogens with zero attached hydrogens (tertiary/aromatic N) is 3. The highest BCUT2D eigenvalue weighted by Gasteiger charge is 2.20. The predicted molar refractivity (Wildman–Crippen MR) is 116 cm³/mol. The number of amides is 1. The first-order valence-corrected chi connectivity index (χ1v) is 10.7. The van der Waals surface area contributed by atoms with Crippen LogP contribution in [0.5, 0.6) is 0 Å². The van der Waals surface area contributed by atoms with Crippen molar-refractivity contribution in [2.45, 2.75) is 24.3 Å². The zero-order valence-electron chi connectivity index (χ0n) is 15.8. The SMILES string of the molecule is Cc1ccc(-c2nnc(SC(C)C(=O)Nc3nc(-c4ccccc4)cs3)o2)cc1. The quantitative estimate of drug-likeness (QED) is 0.425. The monoisotopic (exact) mass is 422 g/mol. The predicted octanol–water partition coefficient (Wildman–Crippen LogP) is 5.29. The molecule has 6 nitrogen and oxygen atoms in total. The molecule has 1 amide bonds. The number of hydrogen-bond acceptors (Lipinski definition) is 7. The van der Waals surface area contributed by atoms with E-state index in [4.69, 9.17) is 4.42 Å². The molecule has 1 N–H and O–H groups in total. The van der Waals surface area contributed by atoms with Gasteiger partial charge in [0.25, 0.3) is 5.22 Å². The highest BCUT2D eigenvalue weighted by atomic mass is 32.2. The van der Waals surface area contributed by atoms with Crippen LogP contribution < -0.4 is 5.32 Å². The standard InChI is InChI=1S/C21H18N4O2S2/c1-13-8-10-16(11-9-13)19-24-25-21(27-19)29-14(2)18(26)23-20-22-17(12-28-20)15-6-4-3-5-7-15/h3-12,14H,1-2H3,(H,22,23,26). The van der Waals surface area contributed by atoms with Crippen LogP contribution in [0.4, 0.5) is 5.13 Å². The van der Waals surface area contributed by atoms with E-state index in [-0.39, 0.29) is 5.91 Å². The van der Waals surface area contributed by atoms with Crippen LogP contribution in [-0.4, -0.2) is 26.3 Å². The van der Waals surface area contributed by atoms with Gasteiger partial charge in [0.2, 0.25) is 11.8 Å². The molecule has 0 aliphatic carbocycles. The van der Waals surface area contributed by atoms with Gasteiger partial charge >= 0.3 is 0 Å². The molecule has 0 spiro atoms. The summed E-state index contributed by atoms with van der Waals surface area (Å²) in [7, 11) is 0. The van der Waals surface area contributed by atoms with Crippen molar-refractivity contribution in [2.75, 3.05) is 5.32 Å². The highest BCUT2D eigenvalue weighted by molar-refractivity contribution is 8.00. The summed E-state index contributed by atoms with van der Waals surface area (Å²) in [6.45, 7) is 3.81. The highest BCUT2D eigenvalue weighted by Crippen LogP contribution is 2.28. The fraction of sp³-hybridized carbons (Fsp3) is 0.143. The van der Waals surface area contributed by atoms with Gasteiger partial charge in [0.05, 0.1) is 10.9 Å². The number of carbonyl (C=O) groups is 1. The van der Waals surface area contributed by atoms with Crippen molar-refractivity contribution in [1.82, 2.24) is 15.2 Å². The van der Waals surface area contributed by atoms with Gasteiger partial charge < -0.3 is 9.73 Å². The van der Waals surface area contributed by atoms with Crippen LogP contribution in [0.25, 0.3) is 22.7 Å². The van der Waals surface area contributed by atoms with Gasteiger partial charge in [-0.1, -0.05) is 59.8 Å². The number of aromatic nitrogens is 3. The summed E-state index contributed by atoms with van der Waals surface area (Å²) in [5.41, 5.74) is 3.86. The summed E-state index contributed by atoms with van der Waals surface area (Å²) in [6.07, 6.45) is 0. The molecule has 29 heavy (non-hydrogen) atoms. The molecule has 1 unspecified atom stereocenters. The third kappa shape index (κ3) is 4.72. The van der Waals surface area contributed by atoms with Crippen molar-refractivity contribution >= 4 is 34.1 Å². The van der Waals surface area contributed by atoms with Crippen LogP contribution in [0.2, 0.25) is 0 Å². The van der Waals surface area contributed by atoms with E-state index in [2.05, 4.69) is 20.5 Å². The maximum absolute atomic E-state index is 12.5. The van der Waals surface area contributed by atoms with Gasteiger partial charge in [-0.15, -0.1) is 21.5 Å². The minimum atomic E-state index is -0.412. The fourth-order valence-corrected chi connectivity index (χ4v) is 3.96. The lowest BCUT2D eigenvalue weighted by molar-refractivity contribution is -0.115. The van der Waals surface area contributed by atoms with E-state index in [0.29, 0.717) is 16.2 Å². The molecule has 146 valence electrons. The minimum absolute atomic E-state index is 0.168. The van der Waals surface area contributed by atoms with Crippen molar-refractivity contribution in [3.63, 3.8) is 0 Å². The second kappa shape index (κ2) is 8.59. The van der Waals surface area contributed by atoms with Crippen molar-refractivity contribution in [3.8, 4) is 22.7 Å². The third-order valence-electron chi connectivity index (χ3n) is 4.16. The van der Waals surface area contributed by atoms with E-state index in [1.165, 1.54) is 23.1 Å². The lowest BCUT2D eigenvalue weighted by Crippen LogP contribution is -2.22. The number of benzene rings is 2. The number of anilines is 1. The first-order valence-electron chi connectivity index (χ1n) is 8.97.